The van der Waals surface area contributed by atoms with Gasteiger partial charge in [-0.05, 0) is 43.3 Å². The van der Waals surface area contributed by atoms with Gasteiger partial charge in [-0.1, -0.05) is 32.4 Å². The molecule has 2 aromatic rings. The summed E-state index contributed by atoms with van der Waals surface area (Å²) >= 11 is 6.52. The molecule has 3 rings (SSSR count). The zero-order valence-electron chi connectivity index (χ0n) is 16.4. The van der Waals surface area contributed by atoms with Gasteiger partial charge in [0, 0.05) is 6.07 Å². The first-order valence-corrected chi connectivity index (χ1v) is 12.1. The van der Waals surface area contributed by atoms with Gasteiger partial charge in [0.25, 0.3) is 8.32 Å². The fourth-order valence-electron chi connectivity index (χ4n) is 2.59. The molecule has 0 radical (unpaired) electrons. The molecule has 142 valence electrons. The smallest absolute Gasteiger partial charge is 0.250 e. The Bertz CT molecular complexity index is 823. The van der Waals surface area contributed by atoms with Gasteiger partial charge in [-0.2, -0.15) is 5.10 Å². The Balaban J connectivity index is 1.89. The summed E-state index contributed by atoms with van der Waals surface area (Å²) in [5.41, 5.74) is 7.89. The average Bonchev–Trinajstić information content (AvgIpc) is 2.88. The summed E-state index contributed by atoms with van der Waals surface area (Å²) in [5.74, 6) is 1.30. The van der Waals surface area contributed by atoms with Crippen molar-refractivity contribution in [1.82, 2.24) is 9.78 Å². The topological polar surface area (TPSA) is 62.3 Å². The molecule has 0 unspecified atom stereocenters. The molecule has 2 N–H and O–H groups in total. The van der Waals surface area contributed by atoms with Crippen LogP contribution in [0.15, 0.2) is 24.3 Å². The summed E-state index contributed by atoms with van der Waals surface area (Å²) in [6.45, 7) is 14.5. The van der Waals surface area contributed by atoms with Crippen molar-refractivity contribution in [3.63, 3.8) is 0 Å². The molecule has 1 aliphatic rings. The second-order valence-corrected chi connectivity index (χ2v) is 14.0. The molecule has 1 aromatic heterocycles. The number of nitrogens with zero attached hydrogens (tertiary/aromatic N) is 2. The third-order valence-corrected chi connectivity index (χ3v) is 10.2. The van der Waals surface area contributed by atoms with E-state index in [9.17, 15) is 0 Å². The van der Waals surface area contributed by atoms with Gasteiger partial charge < -0.3 is 14.9 Å². The van der Waals surface area contributed by atoms with E-state index in [4.69, 9.17) is 26.5 Å². The summed E-state index contributed by atoms with van der Waals surface area (Å²) in [4.78, 5) is 0. The predicted octanol–water partition coefficient (Wildman–Crippen LogP) is 4.78. The lowest BCUT2D eigenvalue weighted by Gasteiger charge is -2.36. The van der Waals surface area contributed by atoms with Crippen LogP contribution in [0.4, 0.5) is 5.82 Å². The fourth-order valence-corrected chi connectivity index (χ4v) is 3.90. The van der Waals surface area contributed by atoms with Gasteiger partial charge in [0.2, 0.25) is 0 Å². The lowest BCUT2D eigenvalue weighted by Crippen LogP contribution is -2.44. The van der Waals surface area contributed by atoms with Crippen LogP contribution >= 0.6 is 11.6 Å². The summed E-state index contributed by atoms with van der Waals surface area (Å²) < 4.78 is 13.4. The average molecular weight is 394 g/mol. The van der Waals surface area contributed by atoms with E-state index in [-0.39, 0.29) is 10.5 Å². The maximum Gasteiger partial charge on any atom is 0.250 e. The lowest BCUT2D eigenvalue weighted by molar-refractivity contribution is -0.0522. The molecule has 1 fully saturated rings. The molecular formula is C19H28ClN3O2Si. The highest BCUT2D eigenvalue weighted by Gasteiger charge is 2.40. The Morgan fingerprint density at radius 3 is 2.42 bits per heavy atom. The number of anilines is 1. The molecule has 1 aliphatic heterocycles. The number of rotatable bonds is 4. The van der Waals surface area contributed by atoms with E-state index in [1.165, 1.54) is 0 Å². The Kier molecular flexibility index (Phi) is 4.66. The van der Waals surface area contributed by atoms with Crippen LogP contribution in [0.25, 0.3) is 5.69 Å². The second kappa shape index (κ2) is 6.29. The number of hydrogen-bond donors (Lipinski definition) is 1. The Hall–Kier alpha value is -1.50. The van der Waals surface area contributed by atoms with Crippen LogP contribution in [0.2, 0.25) is 23.2 Å². The van der Waals surface area contributed by atoms with Crippen LogP contribution in [-0.4, -0.2) is 31.3 Å². The van der Waals surface area contributed by atoms with E-state index >= 15 is 0 Å². The first-order chi connectivity index (χ1) is 11.9. The van der Waals surface area contributed by atoms with Crippen LogP contribution in [0.3, 0.4) is 0 Å². The highest BCUT2D eigenvalue weighted by atomic mass is 35.5. The van der Waals surface area contributed by atoms with Crippen LogP contribution in [0.5, 0.6) is 5.75 Å². The van der Waals surface area contributed by atoms with Crippen molar-refractivity contribution in [2.24, 2.45) is 0 Å². The van der Waals surface area contributed by atoms with Crippen molar-refractivity contribution in [3.05, 3.63) is 35.0 Å². The van der Waals surface area contributed by atoms with Gasteiger partial charge in [0.15, 0.2) is 0 Å². The van der Waals surface area contributed by atoms with Gasteiger partial charge >= 0.3 is 0 Å². The van der Waals surface area contributed by atoms with Gasteiger partial charge in [-0.15, -0.1) is 0 Å². The van der Waals surface area contributed by atoms with E-state index in [0.29, 0.717) is 29.8 Å². The molecule has 1 aromatic carbocycles. The van der Waals surface area contributed by atoms with E-state index in [2.05, 4.69) is 45.9 Å². The zero-order chi connectivity index (χ0) is 19.3. The van der Waals surface area contributed by atoms with Crippen molar-refractivity contribution in [2.75, 3.05) is 18.9 Å². The molecule has 7 heteroatoms. The monoisotopic (exact) mass is 393 g/mol. The first-order valence-electron chi connectivity index (χ1n) is 8.86. The van der Waals surface area contributed by atoms with Crippen molar-refractivity contribution in [2.45, 2.75) is 51.2 Å². The normalized spacial score (nSPS) is 17.0. The Morgan fingerprint density at radius 2 is 1.92 bits per heavy atom. The summed E-state index contributed by atoms with van der Waals surface area (Å²) in [6, 6.07) is 7.63. The highest BCUT2D eigenvalue weighted by Crippen LogP contribution is 2.40. The molecule has 1 saturated heterocycles. The molecule has 0 saturated carbocycles. The quantitative estimate of drug-likeness (QED) is 0.759. The SMILES string of the molecule is CC1(c2cc(N)n(-c3ccc(O[Si](C)(C)C(C)(C)C)c(Cl)c3)n2)COC1. The van der Waals surface area contributed by atoms with Gasteiger partial charge in [-0.25, -0.2) is 4.68 Å². The number of nitrogens with two attached hydrogens (primary N) is 1. The second-order valence-electron chi connectivity index (χ2n) is 8.90. The van der Waals surface area contributed by atoms with Crippen molar-refractivity contribution >= 4 is 25.7 Å². The third-order valence-electron chi connectivity index (χ3n) is 5.53. The number of hydrogen-bond acceptors (Lipinski definition) is 4. The molecule has 0 spiro atoms. The molecule has 0 bridgehead atoms. The number of ether oxygens (including phenoxy) is 1. The zero-order valence-corrected chi connectivity index (χ0v) is 18.1. The maximum absolute atomic E-state index is 6.52. The molecule has 0 atom stereocenters. The summed E-state index contributed by atoms with van der Waals surface area (Å²) in [7, 11) is -1.95. The van der Waals surface area contributed by atoms with Crippen molar-refractivity contribution < 1.29 is 9.16 Å². The number of halogens is 1. The lowest BCUT2D eigenvalue weighted by atomic mass is 9.85. The van der Waals surface area contributed by atoms with Gasteiger partial charge in [0.05, 0.1) is 35.0 Å². The number of aromatic nitrogens is 2. The first kappa shape index (κ1) is 19.3. The van der Waals surface area contributed by atoms with Crippen molar-refractivity contribution in [3.8, 4) is 11.4 Å². The van der Waals surface area contributed by atoms with E-state index in [0.717, 1.165) is 11.4 Å². The minimum absolute atomic E-state index is 0.0610. The number of benzene rings is 1. The predicted molar refractivity (Wildman–Crippen MR) is 109 cm³/mol. The maximum atomic E-state index is 6.52. The summed E-state index contributed by atoms with van der Waals surface area (Å²) in [5, 5.41) is 5.36. The Labute approximate surface area is 161 Å². The van der Waals surface area contributed by atoms with Gasteiger partial charge in [-0.3, -0.25) is 0 Å². The minimum atomic E-state index is -1.95. The van der Waals surface area contributed by atoms with Crippen LogP contribution in [0.1, 0.15) is 33.4 Å². The van der Waals surface area contributed by atoms with Crippen molar-refractivity contribution in [1.29, 1.82) is 0 Å². The van der Waals surface area contributed by atoms with Gasteiger partial charge in [0.1, 0.15) is 11.6 Å². The van der Waals surface area contributed by atoms with Crippen LogP contribution in [0, 0.1) is 0 Å². The molecular weight excluding hydrogens is 366 g/mol. The largest absolute Gasteiger partial charge is 0.543 e. The number of nitrogen functional groups attached to an aromatic ring is 1. The molecule has 0 amide bonds. The van der Waals surface area contributed by atoms with Crippen LogP contribution in [-0.2, 0) is 10.2 Å². The van der Waals surface area contributed by atoms with E-state index in [1.54, 1.807) is 4.68 Å². The van der Waals surface area contributed by atoms with E-state index < -0.39 is 8.32 Å². The molecule has 0 aliphatic carbocycles. The molecule has 26 heavy (non-hydrogen) atoms. The van der Waals surface area contributed by atoms with Crippen LogP contribution < -0.4 is 10.2 Å². The summed E-state index contributed by atoms with van der Waals surface area (Å²) in [6.07, 6.45) is 0. The minimum Gasteiger partial charge on any atom is -0.543 e. The molecule has 2 heterocycles. The highest BCUT2D eigenvalue weighted by molar-refractivity contribution is 6.74. The van der Waals surface area contributed by atoms with E-state index in [1.807, 2.05) is 24.3 Å². The fraction of sp³-hybridized carbons (Fsp3) is 0.526. The third kappa shape index (κ3) is 3.38. The molecule has 5 nitrogen and oxygen atoms in total. The Morgan fingerprint density at radius 1 is 1.27 bits per heavy atom. The standard InChI is InChI=1S/C19H28ClN3O2Si/c1-18(2,3)26(5,6)25-15-8-7-13(9-14(15)20)23-17(21)10-16(22-23)19(4)11-24-12-19/h7-10H,11-12,21H2,1-6H3.